The second-order valence-electron chi connectivity index (χ2n) is 5.60. The zero-order valence-corrected chi connectivity index (χ0v) is 15.9. The first-order valence-electron chi connectivity index (χ1n) is 8.00. The topological polar surface area (TPSA) is 69.2 Å². The first kappa shape index (κ1) is 19.1. The highest BCUT2D eigenvalue weighted by Gasteiger charge is 2.12. The highest BCUT2D eigenvalue weighted by atomic mass is 35.5. The molecule has 1 amide bonds. The van der Waals surface area contributed by atoms with E-state index in [0.717, 1.165) is 11.3 Å². The Hall–Kier alpha value is -2.70. The predicted octanol–water partition coefficient (Wildman–Crippen LogP) is 4.31. The molecule has 0 atom stereocenters. The van der Waals surface area contributed by atoms with Gasteiger partial charge in [0.05, 0.1) is 10.7 Å². The molecular weight excluding hydrogens is 391 g/mol. The number of hydrogen-bond donors (Lipinski definition) is 1. The number of benzene rings is 2. The molecule has 27 heavy (non-hydrogen) atoms. The molecule has 0 radical (unpaired) electrons. The molecule has 1 aliphatic heterocycles. The lowest BCUT2D eigenvalue weighted by atomic mass is 10.2. The lowest BCUT2D eigenvalue weighted by Gasteiger charge is -2.07. The summed E-state index contributed by atoms with van der Waals surface area (Å²) in [5, 5.41) is 4.84. The van der Waals surface area contributed by atoms with Crippen LogP contribution in [0.5, 0.6) is 17.2 Å². The number of nitrogens with one attached hydrogen (secondary N) is 1. The van der Waals surface area contributed by atoms with E-state index in [2.05, 4.69) is 10.5 Å². The molecule has 0 aliphatic carbocycles. The summed E-state index contributed by atoms with van der Waals surface area (Å²) < 4.78 is 15.9. The molecule has 0 bridgehead atoms. The van der Waals surface area contributed by atoms with Crippen LogP contribution in [0.4, 0.5) is 0 Å². The van der Waals surface area contributed by atoms with Gasteiger partial charge in [0.15, 0.2) is 18.1 Å². The zero-order chi connectivity index (χ0) is 19.2. The number of hydrogen-bond acceptors (Lipinski definition) is 5. The van der Waals surface area contributed by atoms with E-state index in [0.29, 0.717) is 27.3 Å². The fourth-order valence-electron chi connectivity index (χ4n) is 2.18. The molecule has 0 unspecified atom stereocenters. The zero-order valence-electron chi connectivity index (χ0n) is 14.4. The largest absolute Gasteiger partial charge is 0.482 e. The number of allylic oxidation sites excluding steroid dienone is 1. The van der Waals surface area contributed by atoms with Crippen molar-refractivity contribution in [2.45, 2.75) is 6.92 Å². The molecule has 0 saturated heterocycles. The number of carbonyl (C=O) groups excluding carboxylic acids is 1. The molecule has 2 aromatic carbocycles. The average molecular weight is 407 g/mol. The van der Waals surface area contributed by atoms with Gasteiger partial charge in [-0.15, -0.1) is 0 Å². The van der Waals surface area contributed by atoms with Crippen molar-refractivity contribution in [1.82, 2.24) is 5.43 Å². The van der Waals surface area contributed by atoms with Crippen LogP contribution < -0.4 is 19.6 Å². The van der Waals surface area contributed by atoms with E-state index >= 15 is 0 Å². The van der Waals surface area contributed by atoms with Crippen LogP contribution in [-0.4, -0.2) is 25.0 Å². The standard InChI is InChI=1S/C19H16Cl2N2O4/c1-12(2-3-13-4-7-16-18(8-13)27-11-26-16)22-23-19(24)10-25-17-9-14(20)5-6-15(17)21/h2-9H,10-11H2,1H3,(H,23,24)/b3-2+,22-12?. The average Bonchev–Trinajstić information content (AvgIpc) is 3.13. The molecule has 3 rings (SSSR count). The molecule has 0 saturated carbocycles. The number of ether oxygens (including phenoxy) is 3. The lowest BCUT2D eigenvalue weighted by Crippen LogP contribution is -2.25. The minimum absolute atomic E-state index is 0.233. The highest BCUT2D eigenvalue weighted by Crippen LogP contribution is 2.32. The predicted molar refractivity (Wildman–Crippen MR) is 105 cm³/mol. The van der Waals surface area contributed by atoms with Gasteiger partial charge in [0, 0.05) is 11.1 Å². The first-order valence-corrected chi connectivity index (χ1v) is 8.75. The van der Waals surface area contributed by atoms with Crippen LogP contribution in [0.25, 0.3) is 6.08 Å². The third kappa shape index (κ3) is 5.39. The van der Waals surface area contributed by atoms with Gasteiger partial charge in [-0.1, -0.05) is 35.3 Å². The molecule has 8 heteroatoms. The Bertz CT molecular complexity index is 913. The Morgan fingerprint density at radius 3 is 2.89 bits per heavy atom. The normalized spacial score (nSPS) is 13.1. The molecule has 1 heterocycles. The van der Waals surface area contributed by atoms with Gasteiger partial charge in [0.2, 0.25) is 6.79 Å². The Labute approximate surface area is 166 Å². The summed E-state index contributed by atoms with van der Waals surface area (Å²) in [6, 6.07) is 10.4. The van der Waals surface area contributed by atoms with Crippen molar-refractivity contribution in [3.05, 3.63) is 58.1 Å². The molecule has 140 valence electrons. The van der Waals surface area contributed by atoms with Gasteiger partial charge >= 0.3 is 0 Å². The monoisotopic (exact) mass is 406 g/mol. The SMILES string of the molecule is CC(/C=C/c1ccc2c(c1)OCO2)=NNC(=O)COc1cc(Cl)ccc1Cl. The molecule has 6 nitrogen and oxygen atoms in total. The first-order chi connectivity index (χ1) is 13.0. The van der Waals surface area contributed by atoms with Crippen LogP contribution in [0.2, 0.25) is 10.0 Å². The third-order valence-corrected chi connectivity index (χ3v) is 4.07. The molecule has 0 aromatic heterocycles. The Balaban J connectivity index is 1.51. The minimum Gasteiger partial charge on any atom is -0.482 e. The van der Waals surface area contributed by atoms with Crippen molar-refractivity contribution in [3.8, 4) is 17.2 Å². The van der Waals surface area contributed by atoms with Crippen molar-refractivity contribution in [1.29, 1.82) is 0 Å². The van der Waals surface area contributed by atoms with E-state index < -0.39 is 5.91 Å². The maximum Gasteiger partial charge on any atom is 0.277 e. The van der Waals surface area contributed by atoms with Crippen molar-refractivity contribution in [2.24, 2.45) is 5.10 Å². The molecule has 1 aliphatic rings. The summed E-state index contributed by atoms with van der Waals surface area (Å²) in [5.41, 5.74) is 3.96. The lowest BCUT2D eigenvalue weighted by molar-refractivity contribution is -0.123. The smallest absolute Gasteiger partial charge is 0.277 e. The van der Waals surface area contributed by atoms with Crippen molar-refractivity contribution >= 4 is 40.9 Å². The summed E-state index contributed by atoms with van der Waals surface area (Å²) in [6.45, 7) is 1.76. The van der Waals surface area contributed by atoms with Gasteiger partial charge < -0.3 is 14.2 Å². The van der Waals surface area contributed by atoms with Crippen LogP contribution in [0, 0.1) is 0 Å². The number of hydrazone groups is 1. The van der Waals surface area contributed by atoms with E-state index in [1.807, 2.05) is 24.3 Å². The number of fused-ring (bicyclic) bond motifs is 1. The molecule has 2 aromatic rings. The van der Waals surface area contributed by atoms with E-state index in [9.17, 15) is 4.79 Å². The second-order valence-corrected chi connectivity index (χ2v) is 6.44. The summed E-state index contributed by atoms with van der Waals surface area (Å²) in [6.07, 6.45) is 3.63. The molecule has 0 spiro atoms. The molecular formula is C19H16Cl2N2O4. The number of amides is 1. The maximum atomic E-state index is 11.8. The van der Waals surface area contributed by atoms with E-state index in [-0.39, 0.29) is 13.4 Å². The van der Waals surface area contributed by atoms with Crippen LogP contribution >= 0.6 is 23.2 Å². The quantitative estimate of drug-likeness (QED) is 0.573. The summed E-state index contributed by atoms with van der Waals surface area (Å²) in [4.78, 5) is 11.8. The van der Waals surface area contributed by atoms with Gasteiger partial charge in [0.25, 0.3) is 5.91 Å². The van der Waals surface area contributed by atoms with E-state index in [1.165, 1.54) is 0 Å². The third-order valence-electron chi connectivity index (χ3n) is 3.52. The van der Waals surface area contributed by atoms with Gasteiger partial charge in [-0.3, -0.25) is 4.79 Å². The van der Waals surface area contributed by atoms with Crippen molar-refractivity contribution < 1.29 is 19.0 Å². The van der Waals surface area contributed by atoms with Crippen LogP contribution in [0.15, 0.2) is 47.6 Å². The van der Waals surface area contributed by atoms with Crippen LogP contribution in [0.3, 0.4) is 0 Å². The van der Waals surface area contributed by atoms with Gasteiger partial charge in [-0.2, -0.15) is 5.10 Å². The van der Waals surface area contributed by atoms with Gasteiger partial charge in [-0.05, 0) is 42.8 Å². The summed E-state index contributed by atoms with van der Waals surface area (Å²) in [5.74, 6) is 1.35. The van der Waals surface area contributed by atoms with E-state index in [4.69, 9.17) is 37.4 Å². The molecule has 1 N–H and O–H groups in total. The fraction of sp³-hybridized carbons (Fsp3) is 0.158. The minimum atomic E-state index is -0.415. The number of rotatable bonds is 6. The second kappa shape index (κ2) is 8.79. The molecule has 0 fully saturated rings. The van der Waals surface area contributed by atoms with Crippen molar-refractivity contribution in [3.63, 3.8) is 0 Å². The number of halogens is 2. The fourth-order valence-corrected chi connectivity index (χ4v) is 2.52. The maximum absolute atomic E-state index is 11.8. The Kier molecular flexibility index (Phi) is 6.21. The Morgan fingerprint density at radius 1 is 1.22 bits per heavy atom. The van der Waals surface area contributed by atoms with Gasteiger partial charge in [0.1, 0.15) is 5.75 Å². The Morgan fingerprint density at radius 2 is 2.04 bits per heavy atom. The summed E-state index contributed by atoms with van der Waals surface area (Å²) in [7, 11) is 0. The van der Waals surface area contributed by atoms with Crippen molar-refractivity contribution in [2.75, 3.05) is 13.4 Å². The summed E-state index contributed by atoms with van der Waals surface area (Å²) >= 11 is 11.8. The van der Waals surface area contributed by atoms with E-state index in [1.54, 1.807) is 31.2 Å². The number of carbonyl (C=O) groups is 1. The number of nitrogens with zero attached hydrogens (tertiary/aromatic N) is 1. The highest BCUT2D eigenvalue weighted by molar-refractivity contribution is 6.34. The van der Waals surface area contributed by atoms with Crippen LogP contribution in [0.1, 0.15) is 12.5 Å². The van der Waals surface area contributed by atoms with Gasteiger partial charge in [-0.25, -0.2) is 5.43 Å². The van der Waals surface area contributed by atoms with Crippen LogP contribution in [-0.2, 0) is 4.79 Å².